The van der Waals surface area contributed by atoms with Crippen LogP contribution in [0.5, 0.6) is 0 Å². The fraction of sp³-hybridized carbons (Fsp3) is 0.588. The number of imidazole rings is 1. The average Bonchev–Trinajstić information content (AvgIpc) is 3.27. The highest BCUT2D eigenvalue weighted by molar-refractivity contribution is 5.30. The topological polar surface area (TPSA) is 58.9 Å². The molecule has 23 heavy (non-hydrogen) atoms. The monoisotopic (exact) mass is 312 g/mol. The van der Waals surface area contributed by atoms with Crippen molar-refractivity contribution in [3.63, 3.8) is 0 Å². The molecular weight excluding hydrogens is 288 g/mol. The van der Waals surface area contributed by atoms with Gasteiger partial charge in [-0.15, -0.1) is 0 Å². The van der Waals surface area contributed by atoms with Gasteiger partial charge in [-0.05, 0) is 25.7 Å². The van der Waals surface area contributed by atoms with Crippen LogP contribution < -0.4 is 10.2 Å². The molecule has 6 nitrogen and oxygen atoms in total. The van der Waals surface area contributed by atoms with Crippen LogP contribution in [0.4, 0.5) is 5.95 Å². The van der Waals surface area contributed by atoms with E-state index in [0.29, 0.717) is 5.92 Å². The van der Waals surface area contributed by atoms with Crippen LogP contribution in [0.2, 0.25) is 0 Å². The predicted molar refractivity (Wildman–Crippen MR) is 89.4 cm³/mol. The highest BCUT2D eigenvalue weighted by Crippen LogP contribution is 2.24. The maximum absolute atomic E-state index is 4.51. The van der Waals surface area contributed by atoms with E-state index in [1.54, 1.807) is 0 Å². The molecule has 1 saturated heterocycles. The number of aryl methyl sites for hydroxylation is 1. The Morgan fingerprint density at radius 1 is 1.04 bits per heavy atom. The second-order valence-electron chi connectivity index (χ2n) is 6.53. The summed E-state index contributed by atoms with van der Waals surface area (Å²) in [5.74, 6) is 2.62. The van der Waals surface area contributed by atoms with E-state index < -0.39 is 0 Å². The lowest BCUT2D eigenvalue weighted by Gasteiger charge is -2.23. The zero-order valence-electron chi connectivity index (χ0n) is 13.5. The summed E-state index contributed by atoms with van der Waals surface area (Å²) in [6.45, 7) is 5.07. The first-order chi connectivity index (χ1) is 11.4. The molecule has 0 spiro atoms. The van der Waals surface area contributed by atoms with Gasteiger partial charge in [0.25, 0.3) is 0 Å². The summed E-state index contributed by atoms with van der Waals surface area (Å²) in [6.07, 6.45) is 12.9. The minimum Gasteiger partial charge on any atom is -0.341 e. The van der Waals surface area contributed by atoms with Gasteiger partial charge >= 0.3 is 0 Å². The summed E-state index contributed by atoms with van der Waals surface area (Å²) in [5.41, 5.74) is 1.15. The van der Waals surface area contributed by atoms with E-state index in [1.807, 2.05) is 18.6 Å². The molecule has 1 N–H and O–H groups in total. The van der Waals surface area contributed by atoms with Crippen LogP contribution in [-0.2, 0) is 13.1 Å². The first-order valence-corrected chi connectivity index (χ1v) is 8.68. The Morgan fingerprint density at radius 3 is 2.70 bits per heavy atom. The second-order valence-corrected chi connectivity index (χ2v) is 6.53. The first-order valence-electron chi connectivity index (χ1n) is 8.68. The van der Waals surface area contributed by atoms with E-state index in [9.17, 15) is 0 Å². The second kappa shape index (κ2) is 6.66. The molecule has 0 radical (unpaired) electrons. The fourth-order valence-electron chi connectivity index (χ4n) is 3.61. The first kappa shape index (κ1) is 14.6. The zero-order chi connectivity index (χ0) is 15.5. The van der Waals surface area contributed by atoms with Crippen molar-refractivity contribution in [1.82, 2.24) is 24.8 Å². The summed E-state index contributed by atoms with van der Waals surface area (Å²) in [6, 6.07) is 0. The third-order valence-corrected chi connectivity index (χ3v) is 4.86. The number of anilines is 1. The molecule has 2 aromatic rings. The molecule has 0 unspecified atom stereocenters. The largest absolute Gasteiger partial charge is 0.341 e. The van der Waals surface area contributed by atoms with Gasteiger partial charge in [0.1, 0.15) is 5.82 Å². The Hall–Kier alpha value is -1.95. The van der Waals surface area contributed by atoms with E-state index >= 15 is 0 Å². The molecule has 1 atom stereocenters. The molecule has 2 aliphatic rings. The van der Waals surface area contributed by atoms with Crippen molar-refractivity contribution in [3.05, 3.63) is 36.2 Å². The number of aromatic nitrogens is 4. The van der Waals surface area contributed by atoms with Gasteiger partial charge in [0.15, 0.2) is 0 Å². The highest BCUT2D eigenvalue weighted by Gasteiger charge is 2.20. The highest BCUT2D eigenvalue weighted by atomic mass is 15.3. The lowest BCUT2D eigenvalue weighted by Crippen LogP contribution is -2.26. The Kier molecular flexibility index (Phi) is 4.24. The third-order valence-electron chi connectivity index (χ3n) is 4.86. The molecule has 0 bridgehead atoms. The normalized spacial score (nSPS) is 20.7. The lowest BCUT2D eigenvalue weighted by molar-refractivity contribution is 0.423. The van der Waals surface area contributed by atoms with Gasteiger partial charge in [0.2, 0.25) is 5.95 Å². The molecule has 122 valence electrons. The molecule has 0 amide bonds. The SMILES string of the molecule is c1cn2c(n1)[C@@H](CNCc1cnc(N3CCCC3)nc1)CCC2. The zero-order valence-corrected chi connectivity index (χ0v) is 13.5. The molecule has 4 rings (SSSR count). The maximum atomic E-state index is 4.51. The van der Waals surface area contributed by atoms with Crippen molar-refractivity contribution in [2.45, 2.75) is 44.7 Å². The summed E-state index contributed by atoms with van der Waals surface area (Å²) < 4.78 is 2.28. The van der Waals surface area contributed by atoms with Gasteiger partial charge in [-0.2, -0.15) is 0 Å². The van der Waals surface area contributed by atoms with Crippen LogP contribution in [0, 0.1) is 0 Å². The molecule has 4 heterocycles. The number of fused-ring (bicyclic) bond motifs is 1. The number of nitrogens with zero attached hydrogens (tertiary/aromatic N) is 5. The van der Waals surface area contributed by atoms with Crippen LogP contribution in [0.15, 0.2) is 24.8 Å². The van der Waals surface area contributed by atoms with Gasteiger partial charge in [-0.1, -0.05) is 0 Å². The van der Waals surface area contributed by atoms with Crippen LogP contribution >= 0.6 is 0 Å². The molecule has 0 aliphatic carbocycles. The van der Waals surface area contributed by atoms with Gasteiger partial charge < -0.3 is 14.8 Å². The quantitative estimate of drug-likeness (QED) is 0.914. The minimum absolute atomic E-state index is 0.517. The van der Waals surface area contributed by atoms with Crippen molar-refractivity contribution in [3.8, 4) is 0 Å². The van der Waals surface area contributed by atoms with Crippen LogP contribution in [0.1, 0.15) is 43.0 Å². The van der Waals surface area contributed by atoms with E-state index in [-0.39, 0.29) is 0 Å². The molecule has 0 aromatic carbocycles. The van der Waals surface area contributed by atoms with Crippen molar-refractivity contribution in [2.75, 3.05) is 24.5 Å². The number of hydrogen-bond acceptors (Lipinski definition) is 5. The Morgan fingerprint density at radius 2 is 1.87 bits per heavy atom. The molecule has 0 saturated carbocycles. The Balaban J connectivity index is 1.30. The number of hydrogen-bond donors (Lipinski definition) is 1. The van der Waals surface area contributed by atoms with Gasteiger partial charge in [0, 0.05) is 69.0 Å². The fourth-order valence-corrected chi connectivity index (χ4v) is 3.61. The van der Waals surface area contributed by atoms with E-state index in [1.165, 1.54) is 31.5 Å². The molecular formula is C17H24N6. The summed E-state index contributed by atoms with van der Waals surface area (Å²) in [5, 5.41) is 3.54. The molecule has 2 aromatic heterocycles. The van der Waals surface area contributed by atoms with E-state index in [4.69, 9.17) is 0 Å². The van der Waals surface area contributed by atoms with Gasteiger partial charge in [0.05, 0.1) is 0 Å². The molecule has 1 fully saturated rings. The summed E-state index contributed by atoms with van der Waals surface area (Å²) in [7, 11) is 0. The van der Waals surface area contributed by atoms with Crippen LogP contribution in [-0.4, -0.2) is 39.2 Å². The van der Waals surface area contributed by atoms with Crippen molar-refractivity contribution in [2.24, 2.45) is 0 Å². The van der Waals surface area contributed by atoms with Crippen molar-refractivity contribution in [1.29, 1.82) is 0 Å². The van der Waals surface area contributed by atoms with Gasteiger partial charge in [-0.3, -0.25) is 0 Å². The summed E-state index contributed by atoms with van der Waals surface area (Å²) >= 11 is 0. The Labute approximate surface area is 137 Å². The summed E-state index contributed by atoms with van der Waals surface area (Å²) in [4.78, 5) is 15.8. The van der Waals surface area contributed by atoms with Crippen LogP contribution in [0.3, 0.4) is 0 Å². The lowest BCUT2D eigenvalue weighted by atomic mass is 9.99. The Bertz CT molecular complexity index is 629. The predicted octanol–water partition coefficient (Wildman–Crippen LogP) is 1.94. The number of nitrogens with one attached hydrogen (secondary N) is 1. The van der Waals surface area contributed by atoms with E-state index in [0.717, 1.165) is 44.2 Å². The van der Waals surface area contributed by atoms with Crippen molar-refractivity contribution < 1.29 is 0 Å². The standard InChI is InChI=1S/C17H24N6/c1-2-7-23(6-1)17-20-11-14(12-21-17)10-18-13-15-4-3-8-22-9-5-19-16(15)22/h5,9,11-12,15,18H,1-4,6-8,10,13H2/t15-/m1/s1. The van der Waals surface area contributed by atoms with Gasteiger partial charge in [-0.25, -0.2) is 15.0 Å². The third kappa shape index (κ3) is 3.22. The number of rotatable bonds is 5. The average molecular weight is 312 g/mol. The molecule has 6 heteroatoms. The minimum atomic E-state index is 0.517. The van der Waals surface area contributed by atoms with Crippen LogP contribution in [0.25, 0.3) is 0 Å². The maximum Gasteiger partial charge on any atom is 0.225 e. The smallest absolute Gasteiger partial charge is 0.225 e. The van der Waals surface area contributed by atoms with E-state index in [2.05, 4.69) is 35.9 Å². The molecule has 2 aliphatic heterocycles. The van der Waals surface area contributed by atoms with Crippen molar-refractivity contribution >= 4 is 5.95 Å².